The number of aliphatic hydroxyl groups is 1. The third-order valence-electron chi connectivity index (χ3n) is 4.81. The first-order chi connectivity index (χ1) is 14.3. The Labute approximate surface area is 179 Å². The molecule has 1 aliphatic rings. The van der Waals surface area contributed by atoms with Gasteiger partial charge in [0.1, 0.15) is 22.5 Å². The van der Waals surface area contributed by atoms with E-state index in [9.17, 15) is 31.9 Å². The van der Waals surface area contributed by atoms with E-state index >= 15 is 0 Å². The molecule has 31 heavy (non-hydrogen) atoms. The second kappa shape index (κ2) is 8.23. The van der Waals surface area contributed by atoms with E-state index in [4.69, 9.17) is 16.3 Å². The molecule has 5 nitrogen and oxygen atoms in total. The molecule has 0 spiro atoms. The Morgan fingerprint density at radius 3 is 2.52 bits per heavy atom. The van der Waals surface area contributed by atoms with Crippen LogP contribution in [0.1, 0.15) is 37.4 Å². The number of pyridine rings is 1. The van der Waals surface area contributed by atoms with Gasteiger partial charge in [-0.25, -0.2) is 13.8 Å². The fourth-order valence-corrected chi connectivity index (χ4v) is 3.38. The largest absolute Gasteiger partial charge is 0.484 e. The van der Waals surface area contributed by atoms with Gasteiger partial charge in [0.25, 0.3) is 0 Å². The zero-order valence-corrected chi connectivity index (χ0v) is 16.9. The first-order valence-electron chi connectivity index (χ1n) is 9.16. The number of carbonyl (C=O) groups is 1. The van der Waals surface area contributed by atoms with Crippen molar-refractivity contribution < 1.29 is 36.6 Å². The van der Waals surface area contributed by atoms with Crippen LogP contribution in [0, 0.1) is 11.6 Å². The molecule has 0 radical (unpaired) electrons. The molecule has 1 atom stereocenters. The van der Waals surface area contributed by atoms with Crippen molar-refractivity contribution >= 4 is 17.5 Å². The molecule has 1 fully saturated rings. The van der Waals surface area contributed by atoms with Crippen LogP contribution in [-0.4, -0.2) is 28.8 Å². The molecule has 2 N–H and O–H groups in total. The molecule has 1 aromatic carbocycles. The molecule has 0 unspecified atom stereocenters. The zero-order valence-electron chi connectivity index (χ0n) is 16.2. The van der Waals surface area contributed by atoms with E-state index in [2.05, 4.69) is 10.3 Å². The van der Waals surface area contributed by atoms with Crippen LogP contribution in [0.15, 0.2) is 30.3 Å². The maximum Gasteiger partial charge on any atom is 0.422 e. The highest BCUT2D eigenvalue weighted by Crippen LogP contribution is 2.46. The van der Waals surface area contributed by atoms with Crippen molar-refractivity contribution in [3.05, 3.63) is 58.4 Å². The molecular formula is C20H18ClF5N2O3. The van der Waals surface area contributed by atoms with Gasteiger partial charge in [-0.2, -0.15) is 13.2 Å². The first-order valence-corrected chi connectivity index (χ1v) is 9.54. The summed E-state index contributed by atoms with van der Waals surface area (Å²) in [5.74, 6) is -2.64. The van der Waals surface area contributed by atoms with E-state index in [0.717, 1.165) is 18.2 Å². The monoisotopic (exact) mass is 464 g/mol. The van der Waals surface area contributed by atoms with Crippen LogP contribution in [0.25, 0.3) is 0 Å². The fraction of sp³-hybridized carbons (Fsp3) is 0.400. The number of aromatic nitrogens is 1. The Morgan fingerprint density at radius 1 is 1.26 bits per heavy atom. The minimum absolute atomic E-state index is 0.115. The molecule has 1 amide bonds. The third-order valence-corrected chi connectivity index (χ3v) is 5.00. The lowest BCUT2D eigenvalue weighted by atomic mass is 9.91. The van der Waals surface area contributed by atoms with Gasteiger partial charge in [-0.1, -0.05) is 17.7 Å². The minimum atomic E-state index is -4.54. The highest BCUT2D eigenvalue weighted by molar-refractivity contribution is 6.29. The summed E-state index contributed by atoms with van der Waals surface area (Å²) < 4.78 is 69.0. The maximum atomic E-state index is 14.0. The minimum Gasteiger partial charge on any atom is -0.484 e. The number of hydrogen-bond donors (Lipinski definition) is 2. The highest BCUT2D eigenvalue weighted by Gasteiger charge is 2.48. The van der Waals surface area contributed by atoms with E-state index in [-0.39, 0.29) is 22.2 Å². The number of nitrogens with one attached hydrogen (secondary N) is 1. The Hall–Kier alpha value is -2.46. The van der Waals surface area contributed by atoms with E-state index in [1.54, 1.807) is 0 Å². The van der Waals surface area contributed by atoms with Crippen LogP contribution < -0.4 is 10.1 Å². The molecule has 168 valence electrons. The van der Waals surface area contributed by atoms with Gasteiger partial charge in [0.2, 0.25) is 5.91 Å². The predicted octanol–water partition coefficient (Wildman–Crippen LogP) is 4.36. The van der Waals surface area contributed by atoms with Gasteiger partial charge >= 0.3 is 6.18 Å². The molecule has 1 aromatic heterocycles. The van der Waals surface area contributed by atoms with Crippen molar-refractivity contribution in [1.82, 2.24) is 10.3 Å². The average molecular weight is 465 g/mol. The highest BCUT2D eigenvalue weighted by atomic mass is 35.5. The standard InChI is InChI=1S/C20H18ClF5N2O3/c1-18(30,13-3-2-11(22)6-14(13)23)9-17(29)28-19(4-5-19)15-7-12(8-16(21)27-15)31-10-20(24,25)26/h2-3,6-8,30H,4-5,9-10H2,1H3,(H,28,29)/t18-/m0/s1. The zero-order chi connectivity index (χ0) is 23.0. The van der Waals surface area contributed by atoms with Crippen molar-refractivity contribution in [3.8, 4) is 5.75 Å². The quantitative estimate of drug-likeness (QED) is 0.472. The smallest absolute Gasteiger partial charge is 0.422 e. The molecule has 0 saturated heterocycles. The molecule has 0 aliphatic heterocycles. The molecule has 3 rings (SSSR count). The predicted molar refractivity (Wildman–Crippen MR) is 100 cm³/mol. The summed E-state index contributed by atoms with van der Waals surface area (Å²) in [7, 11) is 0. The summed E-state index contributed by atoms with van der Waals surface area (Å²) in [5.41, 5.74) is -2.97. The second-order valence-corrected chi connectivity index (χ2v) is 8.01. The van der Waals surface area contributed by atoms with Gasteiger partial charge in [0.15, 0.2) is 6.61 Å². The first kappa shape index (κ1) is 23.2. The van der Waals surface area contributed by atoms with Gasteiger partial charge in [0.05, 0.1) is 23.3 Å². The van der Waals surface area contributed by atoms with Crippen LogP contribution in [0.3, 0.4) is 0 Å². The van der Waals surface area contributed by atoms with E-state index in [1.165, 1.54) is 13.0 Å². The Morgan fingerprint density at radius 2 is 1.94 bits per heavy atom. The Bertz CT molecular complexity index is 993. The van der Waals surface area contributed by atoms with Crippen molar-refractivity contribution in [1.29, 1.82) is 0 Å². The number of carbonyl (C=O) groups excluding carboxylic acids is 1. The lowest BCUT2D eigenvalue weighted by molar-refractivity contribution is -0.153. The number of nitrogens with zero attached hydrogens (tertiary/aromatic N) is 1. The molecule has 1 aliphatic carbocycles. The van der Waals surface area contributed by atoms with Gasteiger partial charge in [-0.3, -0.25) is 4.79 Å². The van der Waals surface area contributed by atoms with Crippen molar-refractivity contribution in [2.45, 2.75) is 43.5 Å². The van der Waals surface area contributed by atoms with Crippen molar-refractivity contribution in [3.63, 3.8) is 0 Å². The summed E-state index contributed by atoms with van der Waals surface area (Å²) in [6.07, 6.45) is -4.23. The third kappa shape index (κ3) is 5.82. The molecule has 2 aromatic rings. The number of ether oxygens (including phenoxy) is 1. The lowest BCUT2D eigenvalue weighted by Gasteiger charge is -2.26. The van der Waals surface area contributed by atoms with Crippen LogP contribution in [0.2, 0.25) is 5.15 Å². The van der Waals surface area contributed by atoms with Crippen molar-refractivity contribution in [2.24, 2.45) is 0 Å². The number of rotatable bonds is 7. The summed E-state index contributed by atoms with van der Waals surface area (Å²) in [6.45, 7) is -0.304. The SMILES string of the molecule is C[C@](O)(CC(=O)NC1(c2cc(OCC(F)(F)F)cc(Cl)n2)CC1)c1ccc(F)cc1F. The molecule has 1 heterocycles. The van der Waals surface area contributed by atoms with E-state index in [0.29, 0.717) is 18.9 Å². The Kier molecular flexibility index (Phi) is 6.16. The van der Waals surface area contributed by atoms with Crippen LogP contribution >= 0.6 is 11.6 Å². The van der Waals surface area contributed by atoms with Gasteiger partial charge < -0.3 is 15.2 Å². The number of benzene rings is 1. The van der Waals surface area contributed by atoms with Crippen molar-refractivity contribution in [2.75, 3.05) is 6.61 Å². The normalized spacial score (nSPS) is 17.0. The molecule has 11 heteroatoms. The van der Waals surface area contributed by atoms with Gasteiger partial charge in [-0.05, 0) is 25.8 Å². The number of amides is 1. The van der Waals surface area contributed by atoms with Crippen LogP contribution in [-0.2, 0) is 15.9 Å². The second-order valence-electron chi connectivity index (χ2n) is 7.62. The molecule has 1 saturated carbocycles. The van der Waals surface area contributed by atoms with E-state index < -0.39 is 47.9 Å². The lowest BCUT2D eigenvalue weighted by Crippen LogP contribution is -2.39. The van der Waals surface area contributed by atoms with Crippen LogP contribution in [0.5, 0.6) is 5.75 Å². The van der Waals surface area contributed by atoms with Gasteiger partial charge in [-0.15, -0.1) is 0 Å². The maximum absolute atomic E-state index is 14.0. The number of hydrogen-bond acceptors (Lipinski definition) is 4. The summed E-state index contributed by atoms with van der Waals surface area (Å²) >= 11 is 5.89. The number of halogens is 6. The Balaban J connectivity index is 1.73. The average Bonchev–Trinajstić information content (AvgIpc) is 3.38. The summed E-state index contributed by atoms with van der Waals surface area (Å²) in [5, 5.41) is 13.1. The van der Waals surface area contributed by atoms with Gasteiger partial charge in [0, 0.05) is 23.8 Å². The van der Waals surface area contributed by atoms with Crippen LogP contribution in [0.4, 0.5) is 22.0 Å². The summed E-state index contributed by atoms with van der Waals surface area (Å²) in [4.78, 5) is 16.6. The molecule has 0 bridgehead atoms. The topological polar surface area (TPSA) is 71.5 Å². The summed E-state index contributed by atoms with van der Waals surface area (Å²) in [6, 6.07) is 4.99. The van der Waals surface area contributed by atoms with E-state index in [1.807, 2.05) is 0 Å². The molecular weight excluding hydrogens is 447 g/mol. The number of alkyl halides is 3. The fourth-order valence-electron chi connectivity index (χ4n) is 3.18.